The highest BCUT2D eigenvalue weighted by Crippen LogP contribution is 2.21. The van der Waals surface area contributed by atoms with Crippen molar-refractivity contribution < 1.29 is 8.81 Å². The lowest BCUT2D eigenvalue weighted by Gasteiger charge is -2.04. The summed E-state index contributed by atoms with van der Waals surface area (Å²) in [5, 5.41) is 0.526. The molecule has 0 spiro atoms. The van der Waals surface area contributed by atoms with Crippen molar-refractivity contribution in [1.29, 1.82) is 0 Å². The van der Waals surface area contributed by atoms with Gasteiger partial charge in [0.1, 0.15) is 11.8 Å². The average molecular weight is 193 g/mol. The molecule has 0 saturated heterocycles. The van der Waals surface area contributed by atoms with E-state index in [1.165, 1.54) is 0 Å². The Balaban J connectivity index is 2.42. The molecule has 3 heteroatoms. The lowest BCUT2D eigenvalue weighted by Crippen LogP contribution is -2.17. The Labute approximate surface area is 81.5 Å². The summed E-state index contributed by atoms with van der Waals surface area (Å²) < 4.78 is 18.1. The number of hydrogen-bond acceptors (Lipinski definition) is 2. The fraction of sp³-hybridized carbons (Fsp3) is 0.273. The number of hydrogen-bond donors (Lipinski definition) is 1. The summed E-state index contributed by atoms with van der Waals surface area (Å²) >= 11 is 0. The van der Waals surface area contributed by atoms with E-state index in [9.17, 15) is 4.39 Å². The lowest BCUT2D eigenvalue weighted by molar-refractivity contribution is 0.558. The van der Waals surface area contributed by atoms with Crippen molar-refractivity contribution in [2.24, 2.45) is 5.73 Å². The average Bonchev–Trinajstić information content (AvgIpc) is 2.46. The van der Waals surface area contributed by atoms with Crippen LogP contribution in [0.3, 0.4) is 0 Å². The summed E-state index contributed by atoms with van der Waals surface area (Å²) in [6.07, 6.45) is 1.90. The number of nitrogens with two attached hydrogens (primary N) is 1. The summed E-state index contributed by atoms with van der Waals surface area (Å²) in [7, 11) is 0. The van der Waals surface area contributed by atoms with Crippen molar-refractivity contribution >= 4 is 11.0 Å². The first-order chi connectivity index (χ1) is 6.66. The molecule has 0 radical (unpaired) electrons. The van der Waals surface area contributed by atoms with Crippen molar-refractivity contribution in [2.45, 2.75) is 19.4 Å². The number of fused-ring (bicyclic) bond motifs is 1. The third kappa shape index (κ3) is 1.63. The Hall–Kier alpha value is -1.35. The highest BCUT2D eigenvalue weighted by molar-refractivity contribution is 5.78. The van der Waals surface area contributed by atoms with Crippen LogP contribution in [-0.2, 0) is 6.42 Å². The van der Waals surface area contributed by atoms with Gasteiger partial charge in [-0.05, 0) is 31.0 Å². The van der Waals surface area contributed by atoms with Crippen LogP contribution in [-0.4, -0.2) is 6.04 Å². The molecule has 1 heterocycles. The first-order valence-corrected chi connectivity index (χ1v) is 4.58. The van der Waals surface area contributed by atoms with Crippen molar-refractivity contribution in [1.82, 2.24) is 0 Å². The minimum atomic E-state index is -0.313. The number of rotatable bonds is 2. The van der Waals surface area contributed by atoms with Gasteiger partial charge >= 0.3 is 0 Å². The summed E-state index contributed by atoms with van der Waals surface area (Å²) in [4.78, 5) is 0. The molecule has 14 heavy (non-hydrogen) atoms. The second-order valence-corrected chi connectivity index (χ2v) is 3.60. The maximum Gasteiger partial charge on any atom is 0.169 e. The van der Waals surface area contributed by atoms with Gasteiger partial charge in [-0.3, -0.25) is 0 Å². The second kappa shape index (κ2) is 3.42. The van der Waals surface area contributed by atoms with Crippen LogP contribution < -0.4 is 5.73 Å². The van der Waals surface area contributed by atoms with Crippen molar-refractivity contribution in [3.05, 3.63) is 35.8 Å². The Morgan fingerprint density at radius 1 is 1.50 bits per heavy atom. The molecule has 0 amide bonds. The summed E-state index contributed by atoms with van der Waals surface area (Å²) in [5.74, 6) is -0.313. The topological polar surface area (TPSA) is 39.2 Å². The molecule has 2 rings (SSSR count). The fourth-order valence-corrected chi connectivity index (χ4v) is 1.54. The molecular formula is C11H12FNO. The van der Waals surface area contributed by atoms with Crippen LogP contribution in [0.5, 0.6) is 0 Å². The van der Waals surface area contributed by atoms with E-state index in [-0.39, 0.29) is 11.9 Å². The third-order valence-corrected chi connectivity index (χ3v) is 2.15. The van der Waals surface area contributed by atoms with Crippen LogP contribution in [0.1, 0.15) is 12.5 Å². The van der Waals surface area contributed by atoms with Gasteiger partial charge in [-0.25, -0.2) is 4.39 Å². The number of benzene rings is 1. The van der Waals surface area contributed by atoms with E-state index < -0.39 is 0 Å². The van der Waals surface area contributed by atoms with E-state index in [1.54, 1.807) is 6.07 Å². The largest absolute Gasteiger partial charge is 0.461 e. The maximum absolute atomic E-state index is 13.0. The van der Waals surface area contributed by atoms with Gasteiger partial charge in [0.25, 0.3) is 0 Å². The summed E-state index contributed by atoms with van der Waals surface area (Å²) in [6.45, 7) is 1.94. The van der Waals surface area contributed by atoms with Crippen LogP contribution in [0, 0.1) is 5.82 Å². The van der Waals surface area contributed by atoms with Crippen LogP contribution >= 0.6 is 0 Å². The van der Waals surface area contributed by atoms with Crippen molar-refractivity contribution in [2.75, 3.05) is 0 Å². The Bertz CT molecular complexity index is 447. The number of halogens is 1. The second-order valence-electron chi connectivity index (χ2n) is 3.60. The molecule has 1 aromatic carbocycles. The Morgan fingerprint density at radius 3 is 3.00 bits per heavy atom. The summed E-state index contributed by atoms with van der Waals surface area (Å²) in [6, 6.07) is 5.55. The standard InChI is InChI=1S/C11H12FNO/c1-7(13)4-8-2-3-9-10(12)6-14-11(9)5-8/h2-3,5-7H,4,13H2,1H3/t7-/m0/s1. The predicted octanol–water partition coefficient (Wildman–Crippen LogP) is 2.46. The SMILES string of the molecule is C[C@H](N)Cc1ccc2c(F)coc2c1. The third-order valence-electron chi connectivity index (χ3n) is 2.15. The minimum absolute atomic E-state index is 0.104. The van der Waals surface area contributed by atoms with Gasteiger partial charge in [0.2, 0.25) is 0 Å². The molecule has 2 nitrogen and oxygen atoms in total. The molecule has 0 saturated carbocycles. The summed E-state index contributed by atoms with van der Waals surface area (Å²) in [5.41, 5.74) is 7.32. The smallest absolute Gasteiger partial charge is 0.169 e. The molecule has 0 unspecified atom stereocenters. The van der Waals surface area contributed by atoms with Gasteiger partial charge in [-0.1, -0.05) is 6.07 Å². The monoisotopic (exact) mass is 193 g/mol. The van der Waals surface area contributed by atoms with E-state index >= 15 is 0 Å². The predicted molar refractivity (Wildman–Crippen MR) is 53.5 cm³/mol. The normalized spacial score (nSPS) is 13.4. The molecular weight excluding hydrogens is 181 g/mol. The lowest BCUT2D eigenvalue weighted by atomic mass is 10.1. The molecule has 0 aliphatic rings. The van der Waals surface area contributed by atoms with Crippen LogP contribution in [0.2, 0.25) is 0 Å². The Morgan fingerprint density at radius 2 is 2.29 bits per heavy atom. The molecule has 0 fully saturated rings. The maximum atomic E-state index is 13.0. The zero-order valence-corrected chi connectivity index (χ0v) is 7.96. The van der Waals surface area contributed by atoms with Gasteiger partial charge in [0.15, 0.2) is 5.82 Å². The zero-order chi connectivity index (χ0) is 10.1. The fourth-order valence-electron chi connectivity index (χ4n) is 1.54. The molecule has 1 atom stereocenters. The van der Waals surface area contributed by atoms with Gasteiger partial charge < -0.3 is 10.2 Å². The molecule has 74 valence electrons. The molecule has 0 aliphatic carbocycles. The molecule has 1 aromatic heterocycles. The van der Waals surface area contributed by atoms with Gasteiger partial charge in [0.05, 0.1) is 5.39 Å². The molecule has 2 aromatic rings. The highest BCUT2D eigenvalue weighted by Gasteiger charge is 2.06. The van der Waals surface area contributed by atoms with E-state index in [4.69, 9.17) is 10.2 Å². The molecule has 0 aliphatic heterocycles. The Kier molecular flexibility index (Phi) is 2.25. The van der Waals surface area contributed by atoms with Gasteiger partial charge in [-0.15, -0.1) is 0 Å². The first kappa shape index (κ1) is 9.21. The van der Waals surface area contributed by atoms with E-state index in [0.717, 1.165) is 18.2 Å². The van der Waals surface area contributed by atoms with Crippen LogP contribution in [0.4, 0.5) is 4.39 Å². The van der Waals surface area contributed by atoms with Gasteiger partial charge in [0, 0.05) is 6.04 Å². The quantitative estimate of drug-likeness (QED) is 0.795. The molecule has 2 N–H and O–H groups in total. The van der Waals surface area contributed by atoms with Crippen molar-refractivity contribution in [3.63, 3.8) is 0 Å². The minimum Gasteiger partial charge on any atom is -0.461 e. The van der Waals surface area contributed by atoms with E-state index in [2.05, 4.69) is 0 Å². The molecule has 0 bridgehead atoms. The van der Waals surface area contributed by atoms with Gasteiger partial charge in [-0.2, -0.15) is 0 Å². The van der Waals surface area contributed by atoms with Crippen LogP contribution in [0.15, 0.2) is 28.9 Å². The van der Waals surface area contributed by atoms with Crippen LogP contribution in [0.25, 0.3) is 11.0 Å². The zero-order valence-electron chi connectivity index (χ0n) is 7.96. The van der Waals surface area contributed by atoms with E-state index in [1.807, 2.05) is 19.1 Å². The first-order valence-electron chi connectivity index (χ1n) is 4.58. The highest BCUT2D eigenvalue weighted by atomic mass is 19.1. The van der Waals surface area contributed by atoms with Crippen molar-refractivity contribution in [3.8, 4) is 0 Å². The van der Waals surface area contributed by atoms with E-state index in [0.29, 0.717) is 11.0 Å². The number of furan rings is 1.